The number of carboxylic acid groups (broad SMARTS) is 1. The summed E-state index contributed by atoms with van der Waals surface area (Å²) in [7, 11) is 0. The number of ether oxygens (including phenoxy) is 1. The number of thiophene rings is 1. The Kier molecular flexibility index (Phi) is 8.71. The standard InChI is InChI=1S/C32H24ClF3N6O4S/c1-17-40-24-14-39-27(18-5-8-41(9-6-18)16-32(34,35)36)22(13-37)26(24)30(43)42(17)10-11-46-25-3-2-19(33)12-21(25)20-4-7-38-28-23(31(44)45)15-47-29(20)28/h2-5,7,12,14-15H,6,8-11,16H2,1H3,(H,44,45). The van der Waals surface area contributed by atoms with Crippen LogP contribution >= 0.6 is 22.9 Å². The molecule has 0 aliphatic carbocycles. The maximum absolute atomic E-state index is 13.8. The second-order valence-electron chi connectivity index (χ2n) is 10.8. The zero-order valence-electron chi connectivity index (χ0n) is 24.6. The number of fused-ring (bicyclic) bond motifs is 2. The quantitative estimate of drug-likeness (QED) is 0.200. The van der Waals surface area contributed by atoms with E-state index in [1.54, 1.807) is 37.3 Å². The molecule has 47 heavy (non-hydrogen) atoms. The highest BCUT2D eigenvalue weighted by Crippen LogP contribution is 2.39. The van der Waals surface area contributed by atoms with Crippen molar-refractivity contribution in [3.63, 3.8) is 0 Å². The summed E-state index contributed by atoms with van der Waals surface area (Å²) in [4.78, 5) is 39.9. The van der Waals surface area contributed by atoms with Gasteiger partial charge in [-0.25, -0.2) is 9.78 Å². The number of aromatic carboxylic acids is 1. The van der Waals surface area contributed by atoms with Crippen molar-refractivity contribution in [2.75, 3.05) is 26.2 Å². The van der Waals surface area contributed by atoms with Gasteiger partial charge in [0, 0.05) is 40.8 Å². The minimum atomic E-state index is -4.32. The third-order valence-corrected chi connectivity index (χ3v) is 9.03. The fourth-order valence-corrected chi connectivity index (χ4v) is 6.84. The Bertz CT molecular complexity index is 2190. The van der Waals surface area contributed by atoms with Gasteiger partial charge in [0.05, 0.1) is 57.2 Å². The van der Waals surface area contributed by atoms with Crippen molar-refractivity contribution >= 4 is 55.6 Å². The number of nitriles is 1. The molecular weight excluding hydrogens is 657 g/mol. The van der Waals surface area contributed by atoms with Gasteiger partial charge in [0.15, 0.2) is 0 Å². The van der Waals surface area contributed by atoms with Crippen LogP contribution in [0.25, 0.3) is 37.8 Å². The number of aromatic nitrogens is 4. The minimum Gasteiger partial charge on any atom is -0.491 e. The number of benzene rings is 1. The molecular formula is C32H24ClF3N6O4S. The van der Waals surface area contributed by atoms with Crippen LogP contribution in [0.2, 0.25) is 5.02 Å². The molecule has 0 bridgehead atoms. The lowest BCUT2D eigenvalue weighted by Gasteiger charge is -2.27. The van der Waals surface area contributed by atoms with Crippen molar-refractivity contribution in [2.24, 2.45) is 0 Å². The molecule has 1 aromatic carbocycles. The number of pyridine rings is 2. The van der Waals surface area contributed by atoms with Crippen molar-refractivity contribution in [1.82, 2.24) is 24.4 Å². The number of halogens is 4. The Hall–Kier alpha value is -4.84. The Labute approximate surface area is 274 Å². The first-order valence-corrected chi connectivity index (χ1v) is 15.5. The van der Waals surface area contributed by atoms with Crippen molar-refractivity contribution in [2.45, 2.75) is 26.1 Å². The van der Waals surface area contributed by atoms with Crippen LogP contribution in [0.3, 0.4) is 0 Å². The maximum atomic E-state index is 13.8. The Balaban J connectivity index is 1.29. The summed E-state index contributed by atoms with van der Waals surface area (Å²) in [5.74, 6) is -0.269. The number of nitrogens with zero attached hydrogens (tertiary/aromatic N) is 6. The lowest BCUT2D eigenvalue weighted by atomic mass is 9.98. The van der Waals surface area contributed by atoms with E-state index in [0.717, 1.165) is 0 Å². The molecule has 1 N–H and O–H groups in total. The fourth-order valence-electron chi connectivity index (χ4n) is 5.64. The number of rotatable bonds is 8. The molecule has 0 amide bonds. The summed E-state index contributed by atoms with van der Waals surface area (Å²) in [6.07, 6.45) is 0.444. The highest BCUT2D eigenvalue weighted by molar-refractivity contribution is 7.18. The first-order chi connectivity index (χ1) is 22.4. The highest BCUT2D eigenvalue weighted by Gasteiger charge is 2.32. The fraction of sp³-hybridized carbons (Fsp3) is 0.250. The molecule has 10 nitrogen and oxygen atoms in total. The molecule has 5 heterocycles. The van der Waals surface area contributed by atoms with Gasteiger partial charge in [-0.15, -0.1) is 11.3 Å². The molecule has 1 aliphatic heterocycles. The van der Waals surface area contributed by atoms with E-state index >= 15 is 0 Å². The number of hydrogen-bond donors (Lipinski definition) is 1. The normalized spacial score (nSPS) is 13.9. The van der Waals surface area contributed by atoms with Crippen LogP contribution in [0.5, 0.6) is 5.75 Å². The molecule has 15 heteroatoms. The Morgan fingerprint density at radius 2 is 2.04 bits per heavy atom. The lowest BCUT2D eigenvalue weighted by molar-refractivity contribution is -0.144. The van der Waals surface area contributed by atoms with E-state index in [0.29, 0.717) is 43.5 Å². The van der Waals surface area contributed by atoms with Crippen LogP contribution in [0, 0.1) is 18.3 Å². The van der Waals surface area contributed by atoms with E-state index in [1.165, 1.54) is 38.6 Å². The molecule has 0 fully saturated rings. The molecule has 6 rings (SSSR count). The molecule has 0 atom stereocenters. The minimum absolute atomic E-state index is 0.0172. The van der Waals surface area contributed by atoms with Gasteiger partial charge >= 0.3 is 12.1 Å². The third-order valence-electron chi connectivity index (χ3n) is 7.79. The zero-order chi connectivity index (χ0) is 33.5. The van der Waals surface area contributed by atoms with E-state index in [2.05, 4.69) is 21.0 Å². The predicted molar refractivity (Wildman–Crippen MR) is 171 cm³/mol. The molecule has 0 radical (unpaired) electrons. The van der Waals surface area contributed by atoms with Crippen molar-refractivity contribution in [1.29, 1.82) is 5.26 Å². The van der Waals surface area contributed by atoms with Crippen LogP contribution in [0.15, 0.2) is 52.9 Å². The summed E-state index contributed by atoms with van der Waals surface area (Å²) in [5, 5.41) is 21.7. The van der Waals surface area contributed by atoms with Crippen molar-refractivity contribution in [3.8, 4) is 22.9 Å². The van der Waals surface area contributed by atoms with Gasteiger partial charge in [-0.2, -0.15) is 18.4 Å². The molecule has 0 unspecified atom stereocenters. The molecule has 0 saturated carbocycles. The van der Waals surface area contributed by atoms with Crippen molar-refractivity contribution in [3.05, 3.63) is 86.1 Å². The molecule has 5 aromatic rings. The van der Waals surface area contributed by atoms with Gasteiger partial charge in [-0.1, -0.05) is 17.7 Å². The molecule has 0 saturated heterocycles. The van der Waals surface area contributed by atoms with Crippen LogP contribution < -0.4 is 10.3 Å². The SMILES string of the molecule is Cc1nc2cnc(C3=CCN(CC(F)(F)F)CC3)c(C#N)c2c(=O)n1CCOc1ccc(Cl)cc1-c1ccnc2c(C(=O)O)csc12. The van der Waals surface area contributed by atoms with E-state index in [-0.39, 0.29) is 60.4 Å². The molecule has 1 aliphatic rings. The second kappa shape index (κ2) is 12.7. The second-order valence-corrected chi connectivity index (χ2v) is 12.1. The zero-order valence-corrected chi connectivity index (χ0v) is 26.2. The van der Waals surface area contributed by atoms with E-state index in [1.807, 2.05) is 0 Å². The average Bonchev–Trinajstić information content (AvgIpc) is 3.47. The summed E-state index contributed by atoms with van der Waals surface area (Å²) < 4.78 is 46.7. The molecule has 0 spiro atoms. The summed E-state index contributed by atoms with van der Waals surface area (Å²) in [6.45, 7) is 0.889. The van der Waals surface area contributed by atoms with Gasteiger partial charge in [-0.05, 0) is 43.2 Å². The Morgan fingerprint density at radius 3 is 2.74 bits per heavy atom. The van der Waals surface area contributed by atoms with Crippen LogP contribution in [0.1, 0.15) is 33.9 Å². The van der Waals surface area contributed by atoms with Gasteiger partial charge < -0.3 is 9.84 Å². The number of alkyl halides is 3. The molecule has 240 valence electrons. The topological polar surface area (TPSA) is 134 Å². The van der Waals surface area contributed by atoms with Crippen molar-refractivity contribution < 1.29 is 27.8 Å². The Morgan fingerprint density at radius 1 is 1.23 bits per heavy atom. The van der Waals surface area contributed by atoms with Crippen LogP contribution in [0.4, 0.5) is 13.2 Å². The summed E-state index contributed by atoms with van der Waals surface area (Å²) in [6, 6.07) is 8.86. The summed E-state index contributed by atoms with van der Waals surface area (Å²) >= 11 is 7.57. The number of aryl methyl sites for hydroxylation is 1. The van der Waals surface area contributed by atoms with E-state index < -0.39 is 24.2 Å². The van der Waals surface area contributed by atoms with Gasteiger partial charge in [0.2, 0.25) is 0 Å². The van der Waals surface area contributed by atoms with E-state index in [9.17, 15) is 33.1 Å². The predicted octanol–water partition coefficient (Wildman–Crippen LogP) is 6.33. The summed E-state index contributed by atoms with van der Waals surface area (Å²) in [5.41, 5.74) is 2.36. The smallest absolute Gasteiger partial charge is 0.401 e. The average molecular weight is 681 g/mol. The highest BCUT2D eigenvalue weighted by atomic mass is 35.5. The monoisotopic (exact) mass is 680 g/mol. The number of carbonyl (C=O) groups is 1. The van der Waals surface area contributed by atoms with Crippen LogP contribution in [-0.4, -0.2) is 67.9 Å². The molecule has 4 aromatic heterocycles. The van der Waals surface area contributed by atoms with Gasteiger partial charge in [0.25, 0.3) is 5.56 Å². The first kappa shape index (κ1) is 32.1. The van der Waals surface area contributed by atoms with E-state index in [4.69, 9.17) is 16.3 Å². The first-order valence-electron chi connectivity index (χ1n) is 14.3. The van der Waals surface area contributed by atoms with Gasteiger partial charge in [0.1, 0.15) is 24.3 Å². The third kappa shape index (κ3) is 6.42. The maximum Gasteiger partial charge on any atom is 0.401 e. The number of hydrogen-bond acceptors (Lipinski definition) is 9. The van der Waals surface area contributed by atoms with Crippen LogP contribution in [-0.2, 0) is 6.54 Å². The van der Waals surface area contributed by atoms with Gasteiger partial charge in [-0.3, -0.25) is 24.2 Å². The lowest BCUT2D eigenvalue weighted by Crippen LogP contribution is -2.37. The number of carboxylic acids is 1. The largest absolute Gasteiger partial charge is 0.491 e.